The van der Waals surface area contributed by atoms with E-state index in [4.69, 9.17) is 5.73 Å². The fourth-order valence-electron chi connectivity index (χ4n) is 8.90. The number of hydrogen-bond donors (Lipinski definition) is 2. The lowest BCUT2D eigenvalue weighted by atomic mass is 9.47. The van der Waals surface area contributed by atoms with Gasteiger partial charge in [-0.15, -0.1) is 0 Å². The maximum atomic E-state index is 12.0. The summed E-state index contributed by atoms with van der Waals surface area (Å²) in [4.78, 5) is 12.0. The fraction of sp³-hybridized carbons (Fsp3) is 0.759. The van der Waals surface area contributed by atoms with Crippen molar-refractivity contribution in [2.45, 2.75) is 92.0 Å². The summed E-state index contributed by atoms with van der Waals surface area (Å²) in [6.45, 7) is 12.0. The molecule has 5 aliphatic rings. The van der Waals surface area contributed by atoms with Gasteiger partial charge in [-0.2, -0.15) is 0 Å². The van der Waals surface area contributed by atoms with E-state index in [1.54, 1.807) is 6.08 Å². The predicted molar refractivity (Wildman–Crippen MR) is 131 cm³/mol. The van der Waals surface area contributed by atoms with Crippen LogP contribution in [-0.2, 0) is 4.79 Å². The number of nitrogens with one attached hydrogen (secondary N) is 1. The van der Waals surface area contributed by atoms with E-state index in [0.717, 1.165) is 23.5 Å². The monoisotopic (exact) mass is 436 g/mol. The van der Waals surface area contributed by atoms with E-state index in [2.05, 4.69) is 52.1 Å². The van der Waals surface area contributed by atoms with Gasteiger partial charge in [0.1, 0.15) is 0 Å². The molecule has 3 saturated carbocycles. The Balaban J connectivity index is 1.39. The van der Waals surface area contributed by atoms with Gasteiger partial charge in [-0.1, -0.05) is 52.3 Å². The standard InChI is InChI=1S/C29H44N2O/c1-17(2)22-16-27(32)31-26(22)14-18(3)23-8-9-24-21-7-6-19-15-20(30)10-12-28(19,4)25(21)11-13-29(23,24)5/h7,14,16-20,23-25H,6,8-13,15,30H2,1-5H3,(H,31,32)/t18-,19-,20+,23+,24-,25-,28-,29+/m0/s1. The van der Waals surface area contributed by atoms with Crippen LogP contribution in [0.2, 0.25) is 0 Å². The van der Waals surface area contributed by atoms with Crippen molar-refractivity contribution in [2.75, 3.05) is 0 Å². The van der Waals surface area contributed by atoms with E-state index >= 15 is 0 Å². The summed E-state index contributed by atoms with van der Waals surface area (Å²) >= 11 is 0. The molecule has 3 heteroatoms. The Morgan fingerprint density at radius 1 is 1.06 bits per heavy atom. The zero-order valence-corrected chi connectivity index (χ0v) is 20.9. The van der Waals surface area contributed by atoms with Gasteiger partial charge >= 0.3 is 0 Å². The average Bonchev–Trinajstić information content (AvgIpc) is 3.27. The lowest BCUT2D eigenvalue weighted by Crippen LogP contribution is -2.50. The number of rotatable bonds is 3. The second-order valence-electron chi connectivity index (χ2n) is 12.7. The largest absolute Gasteiger partial charge is 0.328 e. The summed E-state index contributed by atoms with van der Waals surface area (Å²) in [7, 11) is 0. The van der Waals surface area contributed by atoms with Gasteiger partial charge in [-0.3, -0.25) is 4.79 Å². The van der Waals surface area contributed by atoms with Crippen LogP contribution in [0.1, 0.15) is 86.0 Å². The molecule has 176 valence electrons. The van der Waals surface area contributed by atoms with Crippen molar-refractivity contribution >= 4 is 5.91 Å². The third-order valence-electron chi connectivity index (χ3n) is 10.7. The molecular formula is C29H44N2O. The molecule has 0 aromatic rings. The minimum absolute atomic E-state index is 0.0468. The number of carbonyl (C=O) groups is 1. The van der Waals surface area contributed by atoms with Gasteiger partial charge < -0.3 is 11.1 Å². The predicted octanol–water partition coefficient (Wildman–Crippen LogP) is 6.12. The first-order valence-corrected chi connectivity index (χ1v) is 13.3. The van der Waals surface area contributed by atoms with Crippen LogP contribution in [0.25, 0.3) is 0 Å². The topological polar surface area (TPSA) is 55.1 Å². The van der Waals surface area contributed by atoms with Crippen molar-refractivity contribution in [3.05, 3.63) is 35.1 Å². The van der Waals surface area contributed by atoms with E-state index in [-0.39, 0.29) is 5.91 Å². The minimum Gasteiger partial charge on any atom is -0.328 e. The summed E-state index contributed by atoms with van der Waals surface area (Å²) < 4.78 is 0. The van der Waals surface area contributed by atoms with Crippen LogP contribution in [0.15, 0.2) is 35.1 Å². The number of carbonyl (C=O) groups excluding carboxylic acids is 1. The SMILES string of the molecule is CC(C)C1=CC(=O)NC1=C[C@H](C)[C@H]1CC[C@H]2C3=CC[C@H]4C[C@H](N)CC[C@]4(C)[C@H]3CC[C@]12C. The maximum absolute atomic E-state index is 12.0. The van der Waals surface area contributed by atoms with Crippen LogP contribution in [0.3, 0.4) is 0 Å². The molecule has 0 saturated heterocycles. The molecule has 8 atom stereocenters. The van der Waals surface area contributed by atoms with Gasteiger partial charge in [0.05, 0.1) is 0 Å². The van der Waals surface area contributed by atoms with Crippen molar-refractivity contribution in [2.24, 2.45) is 52.1 Å². The van der Waals surface area contributed by atoms with E-state index < -0.39 is 0 Å². The summed E-state index contributed by atoms with van der Waals surface area (Å²) in [5.74, 6) is 3.92. The molecule has 3 nitrogen and oxygen atoms in total. The lowest BCUT2D eigenvalue weighted by Gasteiger charge is -2.58. The lowest BCUT2D eigenvalue weighted by molar-refractivity contribution is -0.115. The van der Waals surface area contributed by atoms with Crippen molar-refractivity contribution in [3.63, 3.8) is 0 Å². The molecule has 1 amide bonds. The van der Waals surface area contributed by atoms with Crippen molar-refractivity contribution in [3.8, 4) is 0 Å². The minimum atomic E-state index is 0.0468. The highest BCUT2D eigenvalue weighted by Crippen LogP contribution is 2.66. The smallest absolute Gasteiger partial charge is 0.248 e. The molecule has 0 spiro atoms. The number of amides is 1. The molecule has 1 heterocycles. The zero-order chi connectivity index (χ0) is 22.8. The Morgan fingerprint density at radius 3 is 2.53 bits per heavy atom. The Hall–Kier alpha value is -1.35. The van der Waals surface area contributed by atoms with Crippen molar-refractivity contribution < 1.29 is 4.79 Å². The van der Waals surface area contributed by atoms with Gasteiger partial charge in [-0.25, -0.2) is 0 Å². The molecule has 32 heavy (non-hydrogen) atoms. The molecule has 3 fully saturated rings. The molecule has 0 radical (unpaired) electrons. The van der Waals surface area contributed by atoms with E-state index in [1.807, 2.05) is 5.57 Å². The van der Waals surface area contributed by atoms with Crippen LogP contribution in [-0.4, -0.2) is 11.9 Å². The Morgan fingerprint density at radius 2 is 1.78 bits per heavy atom. The third-order valence-corrected chi connectivity index (χ3v) is 10.7. The highest BCUT2D eigenvalue weighted by molar-refractivity contribution is 5.94. The molecule has 0 aromatic heterocycles. The Kier molecular flexibility index (Phi) is 5.51. The summed E-state index contributed by atoms with van der Waals surface area (Å²) in [5.41, 5.74) is 11.3. The summed E-state index contributed by atoms with van der Waals surface area (Å²) in [6.07, 6.45) is 17.2. The first kappa shape index (κ1) is 22.4. The van der Waals surface area contributed by atoms with Gasteiger partial charge in [0.15, 0.2) is 0 Å². The maximum Gasteiger partial charge on any atom is 0.248 e. The van der Waals surface area contributed by atoms with E-state index in [9.17, 15) is 4.79 Å². The second-order valence-corrected chi connectivity index (χ2v) is 12.7. The summed E-state index contributed by atoms with van der Waals surface area (Å²) in [5, 5.41) is 3.12. The summed E-state index contributed by atoms with van der Waals surface area (Å²) in [6, 6.07) is 0.419. The normalized spacial score (nSPS) is 45.7. The molecule has 1 aliphatic heterocycles. The van der Waals surface area contributed by atoms with Crippen LogP contribution in [0, 0.1) is 46.3 Å². The molecule has 5 rings (SSSR count). The first-order chi connectivity index (χ1) is 15.1. The number of allylic oxidation sites excluding steroid dienone is 4. The molecular weight excluding hydrogens is 392 g/mol. The van der Waals surface area contributed by atoms with Crippen LogP contribution in [0.5, 0.6) is 0 Å². The van der Waals surface area contributed by atoms with Crippen LogP contribution < -0.4 is 11.1 Å². The molecule has 0 aromatic carbocycles. The van der Waals surface area contributed by atoms with Crippen molar-refractivity contribution in [1.29, 1.82) is 0 Å². The van der Waals surface area contributed by atoms with Gasteiger partial charge in [-0.05, 0) is 103 Å². The highest BCUT2D eigenvalue weighted by Gasteiger charge is 2.58. The van der Waals surface area contributed by atoms with E-state index in [0.29, 0.717) is 34.6 Å². The van der Waals surface area contributed by atoms with Gasteiger partial charge in [0, 0.05) is 17.8 Å². The molecule has 4 aliphatic carbocycles. The second kappa shape index (κ2) is 7.86. The average molecular weight is 437 g/mol. The quantitative estimate of drug-likeness (QED) is 0.523. The molecule has 0 unspecified atom stereocenters. The van der Waals surface area contributed by atoms with E-state index in [1.165, 1.54) is 56.9 Å². The number of hydrogen-bond acceptors (Lipinski definition) is 2. The van der Waals surface area contributed by atoms with Gasteiger partial charge in [0.25, 0.3) is 0 Å². The van der Waals surface area contributed by atoms with Crippen molar-refractivity contribution in [1.82, 2.24) is 5.32 Å². The Bertz CT molecular complexity index is 882. The van der Waals surface area contributed by atoms with Crippen LogP contribution in [0.4, 0.5) is 0 Å². The number of nitrogens with two attached hydrogens (primary N) is 1. The number of fused-ring (bicyclic) bond motifs is 5. The zero-order valence-electron chi connectivity index (χ0n) is 20.9. The first-order valence-electron chi connectivity index (χ1n) is 13.3. The van der Waals surface area contributed by atoms with Gasteiger partial charge in [0.2, 0.25) is 5.91 Å². The molecule has 3 N–H and O–H groups in total. The third kappa shape index (κ3) is 3.37. The van der Waals surface area contributed by atoms with Crippen LogP contribution >= 0.6 is 0 Å². The fourth-order valence-corrected chi connectivity index (χ4v) is 8.90. The highest BCUT2D eigenvalue weighted by atomic mass is 16.1. The Labute approximate surface area is 195 Å². The molecule has 0 bridgehead atoms.